The molecule has 0 saturated carbocycles. The van der Waals surface area contributed by atoms with E-state index in [-0.39, 0.29) is 10.8 Å². The van der Waals surface area contributed by atoms with E-state index in [1.807, 2.05) is 24.3 Å². The Morgan fingerprint density at radius 3 is 2.38 bits per heavy atom. The van der Waals surface area contributed by atoms with Crippen molar-refractivity contribution in [2.45, 2.75) is 19.3 Å². The number of carbonyl (C=O) groups excluding carboxylic acids is 1. The van der Waals surface area contributed by atoms with Crippen LogP contribution in [0.25, 0.3) is 0 Å². The summed E-state index contributed by atoms with van der Waals surface area (Å²) in [4.78, 5) is 27.4. The number of aromatic nitrogens is 1. The zero-order chi connectivity index (χ0) is 14.8. The lowest BCUT2D eigenvalue weighted by molar-refractivity contribution is -0.119. The van der Waals surface area contributed by atoms with Gasteiger partial charge in [-0.05, 0) is 17.7 Å². The standard InChI is InChI=1S/C15H16N2O3S/c18-12-5-7-17(8-6-12)11-3-1-10(2-4-11)9-13-14(19)16-15(20)21-13/h1-4,19H,5-9H2,(H,16,20). The predicted octanol–water partition coefficient (Wildman–Crippen LogP) is 1.90. The fraction of sp³-hybridized carbons (Fsp3) is 0.333. The van der Waals surface area contributed by atoms with E-state index in [1.54, 1.807) is 0 Å². The number of nitrogens with zero attached hydrogens (tertiary/aromatic N) is 1. The van der Waals surface area contributed by atoms with Gasteiger partial charge in [-0.25, -0.2) is 0 Å². The van der Waals surface area contributed by atoms with Crippen LogP contribution in [0.4, 0.5) is 5.69 Å². The first-order chi connectivity index (χ1) is 10.1. The number of aromatic amines is 1. The summed E-state index contributed by atoms with van der Waals surface area (Å²) < 4.78 is 0. The molecule has 1 fully saturated rings. The van der Waals surface area contributed by atoms with E-state index in [0.29, 0.717) is 29.9 Å². The van der Waals surface area contributed by atoms with Gasteiger partial charge in [0, 0.05) is 38.0 Å². The quantitative estimate of drug-likeness (QED) is 0.908. The van der Waals surface area contributed by atoms with E-state index in [0.717, 1.165) is 35.7 Å². The number of H-pyrrole nitrogens is 1. The molecule has 0 atom stereocenters. The Bertz CT molecular complexity index is 692. The van der Waals surface area contributed by atoms with Gasteiger partial charge in [-0.3, -0.25) is 14.6 Å². The van der Waals surface area contributed by atoms with E-state index < -0.39 is 0 Å². The molecule has 2 aromatic rings. The topological polar surface area (TPSA) is 73.4 Å². The SMILES string of the molecule is O=C1CCN(c2ccc(Cc3sc(=O)[nH]c3O)cc2)CC1. The number of Topliss-reactive ketones (excluding diaryl/α,β-unsaturated/α-hetero) is 1. The molecule has 0 radical (unpaired) electrons. The van der Waals surface area contributed by atoms with Gasteiger partial charge < -0.3 is 10.0 Å². The predicted molar refractivity (Wildman–Crippen MR) is 82.3 cm³/mol. The molecular formula is C15H16N2O3S. The van der Waals surface area contributed by atoms with Gasteiger partial charge in [0.05, 0.1) is 4.88 Å². The molecule has 0 amide bonds. The monoisotopic (exact) mass is 304 g/mol. The Kier molecular flexibility index (Phi) is 3.79. The molecule has 1 aliphatic heterocycles. The number of hydrogen-bond donors (Lipinski definition) is 2. The second-order valence-electron chi connectivity index (χ2n) is 5.16. The van der Waals surface area contributed by atoms with Gasteiger partial charge in [-0.1, -0.05) is 23.5 Å². The molecule has 1 aliphatic rings. The highest BCUT2D eigenvalue weighted by Crippen LogP contribution is 2.23. The van der Waals surface area contributed by atoms with Gasteiger partial charge in [-0.2, -0.15) is 0 Å². The maximum absolute atomic E-state index is 11.3. The summed E-state index contributed by atoms with van der Waals surface area (Å²) in [6.45, 7) is 1.55. The minimum atomic E-state index is -0.239. The van der Waals surface area contributed by atoms with Crippen LogP contribution in [0.5, 0.6) is 5.88 Å². The van der Waals surface area contributed by atoms with Crippen molar-refractivity contribution in [3.8, 4) is 5.88 Å². The first-order valence-corrected chi connectivity index (χ1v) is 7.70. The van der Waals surface area contributed by atoms with Gasteiger partial charge in [0.15, 0.2) is 0 Å². The lowest BCUT2D eigenvalue weighted by atomic mass is 10.1. The van der Waals surface area contributed by atoms with Crippen LogP contribution in [0.2, 0.25) is 0 Å². The molecule has 6 heteroatoms. The average molecular weight is 304 g/mol. The number of carbonyl (C=O) groups is 1. The normalized spacial score (nSPS) is 15.4. The maximum atomic E-state index is 11.3. The first-order valence-electron chi connectivity index (χ1n) is 6.88. The van der Waals surface area contributed by atoms with Crippen molar-refractivity contribution in [1.82, 2.24) is 4.98 Å². The Morgan fingerprint density at radius 2 is 1.81 bits per heavy atom. The summed E-state index contributed by atoms with van der Waals surface area (Å²) in [5, 5.41) is 9.59. The van der Waals surface area contributed by atoms with Crippen molar-refractivity contribution in [3.05, 3.63) is 44.4 Å². The minimum Gasteiger partial charge on any atom is -0.494 e. The number of nitrogens with one attached hydrogen (secondary N) is 1. The van der Waals surface area contributed by atoms with Crippen LogP contribution in [-0.4, -0.2) is 29.0 Å². The Hall–Kier alpha value is -2.08. The van der Waals surface area contributed by atoms with Crippen molar-refractivity contribution in [2.24, 2.45) is 0 Å². The van der Waals surface area contributed by atoms with E-state index in [2.05, 4.69) is 9.88 Å². The number of ketones is 1. The van der Waals surface area contributed by atoms with Crippen LogP contribution in [0, 0.1) is 0 Å². The molecule has 2 heterocycles. The highest BCUT2D eigenvalue weighted by molar-refractivity contribution is 7.09. The number of piperidine rings is 1. The molecule has 3 rings (SSSR count). The third-order valence-electron chi connectivity index (χ3n) is 3.69. The molecule has 2 N–H and O–H groups in total. The summed E-state index contributed by atoms with van der Waals surface area (Å²) in [5.74, 6) is 0.296. The maximum Gasteiger partial charge on any atom is 0.307 e. The van der Waals surface area contributed by atoms with Crippen molar-refractivity contribution >= 4 is 22.8 Å². The molecule has 1 saturated heterocycles. The van der Waals surface area contributed by atoms with Gasteiger partial charge in [0.2, 0.25) is 5.88 Å². The van der Waals surface area contributed by atoms with Gasteiger partial charge in [-0.15, -0.1) is 0 Å². The molecule has 0 spiro atoms. The lowest BCUT2D eigenvalue weighted by Gasteiger charge is -2.28. The molecule has 0 bridgehead atoms. The summed E-state index contributed by atoms with van der Waals surface area (Å²) in [5.41, 5.74) is 2.15. The van der Waals surface area contributed by atoms with Gasteiger partial charge in [0.1, 0.15) is 5.78 Å². The fourth-order valence-corrected chi connectivity index (χ4v) is 3.25. The van der Waals surface area contributed by atoms with E-state index in [4.69, 9.17) is 0 Å². The van der Waals surface area contributed by atoms with E-state index in [9.17, 15) is 14.7 Å². The number of anilines is 1. The zero-order valence-electron chi connectivity index (χ0n) is 11.5. The highest BCUT2D eigenvalue weighted by Gasteiger charge is 2.16. The summed E-state index contributed by atoms with van der Waals surface area (Å²) in [6, 6.07) is 8.04. The second kappa shape index (κ2) is 5.73. The summed E-state index contributed by atoms with van der Waals surface area (Å²) in [6.07, 6.45) is 1.77. The smallest absolute Gasteiger partial charge is 0.307 e. The molecule has 5 nitrogen and oxygen atoms in total. The molecule has 0 unspecified atom stereocenters. The number of aromatic hydroxyl groups is 1. The van der Waals surface area contributed by atoms with Crippen LogP contribution >= 0.6 is 11.3 Å². The molecule has 1 aromatic carbocycles. The van der Waals surface area contributed by atoms with E-state index in [1.165, 1.54) is 0 Å². The largest absolute Gasteiger partial charge is 0.494 e. The number of thiazole rings is 1. The Balaban J connectivity index is 1.70. The number of rotatable bonds is 3. The minimum absolute atomic E-state index is 0.0383. The second-order valence-corrected chi connectivity index (χ2v) is 6.22. The van der Waals surface area contributed by atoms with E-state index >= 15 is 0 Å². The van der Waals surface area contributed by atoms with Gasteiger partial charge >= 0.3 is 4.87 Å². The molecular weight excluding hydrogens is 288 g/mol. The number of benzene rings is 1. The summed E-state index contributed by atoms with van der Waals surface area (Å²) >= 11 is 1.03. The van der Waals surface area contributed by atoms with Crippen LogP contribution in [0.15, 0.2) is 29.1 Å². The molecule has 21 heavy (non-hydrogen) atoms. The molecule has 1 aromatic heterocycles. The fourth-order valence-electron chi connectivity index (χ4n) is 2.50. The average Bonchev–Trinajstić information content (AvgIpc) is 2.79. The number of hydrogen-bond acceptors (Lipinski definition) is 5. The highest BCUT2D eigenvalue weighted by atomic mass is 32.1. The first kappa shape index (κ1) is 13.9. The Morgan fingerprint density at radius 1 is 1.14 bits per heavy atom. The van der Waals surface area contributed by atoms with Gasteiger partial charge in [0.25, 0.3) is 0 Å². The zero-order valence-corrected chi connectivity index (χ0v) is 12.3. The third kappa shape index (κ3) is 3.16. The summed E-state index contributed by atoms with van der Waals surface area (Å²) in [7, 11) is 0. The Labute approximate surface area is 125 Å². The molecule has 110 valence electrons. The van der Waals surface area contributed by atoms with Crippen molar-refractivity contribution in [3.63, 3.8) is 0 Å². The van der Waals surface area contributed by atoms with Crippen LogP contribution in [0.1, 0.15) is 23.3 Å². The lowest BCUT2D eigenvalue weighted by Crippen LogP contribution is -2.33. The van der Waals surface area contributed by atoms with Crippen molar-refractivity contribution < 1.29 is 9.90 Å². The molecule has 0 aliphatic carbocycles. The van der Waals surface area contributed by atoms with Crippen LogP contribution < -0.4 is 9.77 Å². The third-order valence-corrected chi connectivity index (χ3v) is 4.56. The van der Waals surface area contributed by atoms with Crippen LogP contribution in [-0.2, 0) is 11.2 Å². The van der Waals surface area contributed by atoms with Crippen molar-refractivity contribution in [1.29, 1.82) is 0 Å². The van der Waals surface area contributed by atoms with Crippen molar-refractivity contribution in [2.75, 3.05) is 18.0 Å². The van der Waals surface area contributed by atoms with Crippen LogP contribution in [0.3, 0.4) is 0 Å².